The van der Waals surface area contributed by atoms with Gasteiger partial charge in [0.1, 0.15) is 29.0 Å². The SMILES string of the molecule is Fc1ccc(Nc2c(-c3ccc(F)cc3F)nc3scc(-c4ccccc4)n23)cc1. The van der Waals surface area contributed by atoms with Crippen LogP contribution in [-0.2, 0) is 0 Å². The van der Waals surface area contributed by atoms with Crippen molar-refractivity contribution in [1.82, 2.24) is 9.38 Å². The molecule has 0 amide bonds. The maximum Gasteiger partial charge on any atom is 0.196 e. The molecule has 0 saturated carbocycles. The van der Waals surface area contributed by atoms with Crippen LogP contribution in [0.3, 0.4) is 0 Å². The van der Waals surface area contributed by atoms with Crippen molar-refractivity contribution in [2.75, 3.05) is 5.32 Å². The molecular weight excluding hydrogens is 407 g/mol. The second-order valence-corrected chi connectivity index (χ2v) is 7.51. The van der Waals surface area contributed by atoms with E-state index in [1.54, 1.807) is 12.1 Å². The fraction of sp³-hybridized carbons (Fsp3) is 0. The summed E-state index contributed by atoms with van der Waals surface area (Å²) in [5, 5.41) is 5.21. The van der Waals surface area contributed by atoms with Gasteiger partial charge < -0.3 is 5.32 Å². The van der Waals surface area contributed by atoms with Crippen LogP contribution in [0.4, 0.5) is 24.7 Å². The van der Waals surface area contributed by atoms with E-state index in [1.807, 2.05) is 40.1 Å². The van der Waals surface area contributed by atoms with Crippen LogP contribution in [0.25, 0.3) is 27.5 Å². The molecule has 7 heteroatoms. The molecule has 3 nitrogen and oxygen atoms in total. The molecule has 0 spiro atoms. The summed E-state index contributed by atoms with van der Waals surface area (Å²) in [6.07, 6.45) is 0. The van der Waals surface area contributed by atoms with Gasteiger partial charge in [-0.25, -0.2) is 18.2 Å². The largest absolute Gasteiger partial charge is 0.339 e. The van der Waals surface area contributed by atoms with Crippen molar-refractivity contribution in [2.24, 2.45) is 0 Å². The molecule has 0 bridgehead atoms. The Morgan fingerprint density at radius 1 is 0.833 bits per heavy atom. The van der Waals surface area contributed by atoms with E-state index < -0.39 is 11.6 Å². The minimum Gasteiger partial charge on any atom is -0.339 e. The summed E-state index contributed by atoms with van der Waals surface area (Å²) in [5.74, 6) is -1.20. The number of benzene rings is 3. The zero-order valence-corrected chi connectivity index (χ0v) is 16.3. The van der Waals surface area contributed by atoms with Crippen molar-refractivity contribution in [1.29, 1.82) is 0 Å². The molecule has 2 heterocycles. The Bertz CT molecular complexity index is 1340. The predicted molar refractivity (Wildman–Crippen MR) is 114 cm³/mol. The summed E-state index contributed by atoms with van der Waals surface area (Å²) in [5.41, 5.74) is 2.99. The fourth-order valence-electron chi connectivity index (χ4n) is 3.32. The second-order valence-electron chi connectivity index (χ2n) is 6.67. The molecule has 0 aliphatic heterocycles. The van der Waals surface area contributed by atoms with Gasteiger partial charge in [0, 0.05) is 22.7 Å². The van der Waals surface area contributed by atoms with Crippen molar-refractivity contribution in [3.63, 3.8) is 0 Å². The number of nitrogens with one attached hydrogen (secondary N) is 1. The van der Waals surface area contributed by atoms with E-state index in [4.69, 9.17) is 0 Å². The second kappa shape index (κ2) is 7.35. The zero-order chi connectivity index (χ0) is 20.7. The standard InChI is InChI=1S/C23H14F3N3S/c24-15-6-9-17(10-7-15)27-22-21(18-11-8-16(25)12-19(18)26)28-23-29(22)20(13-30-23)14-4-2-1-3-5-14/h1-13,27H. The average molecular weight is 421 g/mol. The Morgan fingerprint density at radius 2 is 1.57 bits per heavy atom. The van der Waals surface area contributed by atoms with Crippen LogP contribution >= 0.6 is 11.3 Å². The summed E-state index contributed by atoms with van der Waals surface area (Å²) in [4.78, 5) is 5.27. The quantitative estimate of drug-likeness (QED) is 0.342. The highest BCUT2D eigenvalue weighted by atomic mass is 32.1. The number of aromatic nitrogens is 2. The van der Waals surface area contributed by atoms with Gasteiger partial charge in [-0.3, -0.25) is 4.40 Å². The van der Waals surface area contributed by atoms with Crippen LogP contribution in [0.1, 0.15) is 0 Å². The van der Waals surface area contributed by atoms with Crippen LogP contribution < -0.4 is 5.32 Å². The van der Waals surface area contributed by atoms with Crippen molar-refractivity contribution >= 4 is 27.8 Å². The number of imidazole rings is 1. The van der Waals surface area contributed by atoms with Gasteiger partial charge >= 0.3 is 0 Å². The third-order valence-electron chi connectivity index (χ3n) is 4.73. The van der Waals surface area contributed by atoms with Gasteiger partial charge in [0.05, 0.1) is 5.69 Å². The number of fused-ring (bicyclic) bond motifs is 1. The highest BCUT2D eigenvalue weighted by Gasteiger charge is 2.21. The van der Waals surface area contributed by atoms with E-state index >= 15 is 0 Å². The first-order valence-corrected chi connectivity index (χ1v) is 10.0. The van der Waals surface area contributed by atoms with Gasteiger partial charge in [0.15, 0.2) is 4.96 Å². The van der Waals surface area contributed by atoms with E-state index in [2.05, 4.69) is 10.3 Å². The van der Waals surface area contributed by atoms with E-state index in [0.717, 1.165) is 17.3 Å². The van der Waals surface area contributed by atoms with Crippen molar-refractivity contribution in [3.05, 3.63) is 95.6 Å². The van der Waals surface area contributed by atoms with Crippen LogP contribution in [0.15, 0.2) is 78.2 Å². The molecular formula is C23H14F3N3S. The Hall–Kier alpha value is -3.58. The van der Waals surface area contributed by atoms with Gasteiger partial charge in [-0.1, -0.05) is 30.3 Å². The van der Waals surface area contributed by atoms with Crippen LogP contribution in [-0.4, -0.2) is 9.38 Å². The lowest BCUT2D eigenvalue weighted by Crippen LogP contribution is -1.99. The van der Waals surface area contributed by atoms with Crippen molar-refractivity contribution in [2.45, 2.75) is 0 Å². The van der Waals surface area contributed by atoms with E-state index in [1.165, 1.54) is 35.6 Å². The number of hydrogen-bond donors (Lipinski definition) is 1. The summed E-state index contributed by atoms with van der Waals surface area (Å²) in [6.45, 7) is 0. The number of halogens is 3. The summed E-state index contributed by atoms with van der Waals surface area (Å²) in [6, 6.07) is 19.0. The van der Waals surface area contributed by atoms with Gasteiger partial charge in [-0.15, -0.1) is 11.3 Å². The van der Waals surface area contributed by atoms with Gasteiger partial charge in [0.2, 0.25) is 0 Å². The highest BCUT2D eigenvalue weighted by molar-refractivity contribution is 7.15. The number of anilines is 2. The molecule has 0 aliphatic carbocycles. The Kier molecular flexibility index (Phi) is 4.52. The highest BCUT2D eigenvalue weighted by Crippen LogP contribution is 2.38. The minimum absolute atomic E-state index is 0.177. The Labute approximate surface area is 174 Å². The fourth-order valence-corrected chi connectivity index (χ4v) is 4.22. The number of rotatable bonds is 4. The lowest BCUT2D eigenvalue weighted by atomic mass is 10.1. The summed E-state index contributed by atoms with van der Waals surface area (Å²) >= 11 is 1.42. The smallest absolute Gasteiger partial charge is 0.196 e. The number of nitrogens with zero attached hydrogens (tertiary/aromatic N) is 2. The Balaban J connectivity index is 1.75. The topological polar surface area (TPSA) is 29.3 Å². The monoisotopic (exact) mass is 421 g/mol. The first-order valence-electron chi connectivity index (χ1n) is 9.13. The summed E-state index contributed by atoms with van der Waals surface area (Å²) in [7, 11) is 0. The molecule has 30 heavy (non-hydrogen) atoms. The summed E-state index contributed by atoms with van der Waals surface area (Å²) < 4.78 is 43.3. The molecule has 0 saturated heterocycles. The molecule has 0 fully saturated rings. The van der Waals surface area contributed by atoms with Gasteiger partial charge in [0.25, 0.3) is 0 Å². The molecule has 1 N–H and O–H groups in total. The van der Waals surface area contributed by atoms with Crippen LogP contribution in [0.2, 0.25) is 0 Å². The van der Waals surface area contributed by atoms with E-state index in [-0.39, 0.29) is 11.4 Å². The minimum atomic E-state index is -0.704. The average Bonchev–Trinajstić information content (AvgIpc) is 3.31. The number of thiazole rings is 1. The normalized spacial score (nSPS) is 11.2. The molecule has 2 aromatic heterocycles. The van der Waals surface area contributed by atoms with E-state index in [9.17, 15) is 13.2 Å². The van der Waals surface area contributed by atoms with Gasteiger partial charge in [-0.05, 0) is 42.0 Å². The molecule has 0 aliphatic rings. The third-order valence-corrected chi connectivity index (χ3v) is 5.55. The van der Waals surface area contributed by atoms with Gasteiger partial charge in [-0.2, -0.15) is 0 Å². The lowest BCUT2D eigenvalue weighted by molar-refractivity contribution is 0.585. The third kappa shape index (κ3) is 3.23. The maximum absolute atomic E-state index is 14.6. The predicted octanol–water partition coefficient (Wildman–Crippen LogP) is 6.89. The molecule has 5 rings (SSSR count). The lowest BCUT2D eigenvalue weighted by Gasteiger charge is -2.11. The molecule has 0 atom stereocenters. The zero-order valence-electron chi connectivity index (χ0n) is 15.4. The number of hydrogen-bond acceptors (Lipinski definition) is 3. The van der Waals surface area contributed by atoms with Crippen LogP contribution in [0.5, 0.6) is 0 Å². The first kappa shape index (κ1) is 18.4. The first-order chi connectivity index (χ1) is 14.6. The van der Waals surface area contributed by atoms with E-state index in [0.29, 0.717) is 22.2 Å². The molecule has 148 valence electrons. The van der Waals surface area contributed by atoms with Crippen LogP contribution in [0, 0.1) is 17.5 Å². The molecule has 0 unspecified atom stereocenters. The molecule has 5 aromatic rings. The Morgan fingerprint density at radius 3 is 2.30 bits per heavy atom. The van der Waals surface area contributed by atoms with Crippen molar-refractivity contribution < 1.29 is 13.2 Å². The van der Waals surface area contributed by atoms with Crippen molar-refractivity contribution in [3.8, 4) is 22.5 Å². The maximum atomic E-state index is 14.6. The molecule has 0 radical (unpaired) electrons. The molecule has 3 aromatic carbocycles.